The highest BCUT2D eigenvalue weighted by molar-refractivity contribution is 6.08. The number of aliphatic hydroxyl groups excluding tert-OH is 1. The van der Waals surface area contributed by atoms with Crippen LogP contribution in [-0.4, -0.2) is 53.5 Å². The minimum atomic E-state index is -0.729. The van der Waals surface area contributed by atoms with Crippen LogP contribution in [0, 0.1) is 5.82 Å². The molecule has 2 amide bonds. The van der Waals surface area contributed by atoms with Crippen LogP contribution in [0.2, 0.25) is 0 Å². The Bertz CT molecular complexity index is 1080. The molecule has 0 bridgehead atoms. The number of nitrogens with two attached hydrogens (primary N) is 2. The van der Waals surface area contributed by atoms with Gasteiger partial charge in [0.15, 0.2) is 11.6 Å². The van der Waals surface area contributed by atoms with Gasteiger partial charge in [0.05, 0.1) is 12.2 Å². The van der Waals surface area contributed by atoms with Gasteiger partial charge >= 0.3 is 5.91 Å². The molecule has 1 aliphatic rings. The minimum Gasteiger partial charge on any atom is -0.488 e. The van der Waals surface area contributed by atoms with E-state index >= 15 is 0 Å². The second-order valence-electron chi connectivity index (χ2n) is 7.47. The molecule has 2 aromatic rings. The Morgan fingerprint density at radius 3 is 2.58 bits per heavy atom. The Kier molecular flexibility index (Phi) is 7.62. The second-order valence-corrected chi connectivity index (χ2v) is 7.47. The van der Waals surface area contributed by atoms with Crippen LogP contribution in [0.4, 0.5) is 4.39 Å². The molecule has 0 saturated carbocycles. The van der Waals surface area contributed by atoms with E-state index in [4.69, 9.17) is 20.6 Å². The summed E-state index contributed by atoms with van der Waals surface area (Å²) < 4.78 is 25.9. The number of nitrogens with one attached hydrogen (secondary N) is 1. The molecule has 174 valence electrons. The summed E-state index contributed by atoms with van der Waals surface area (Å²) in [7, 11) is 0. The van der Waals surface area contributed by atoms with Crippen LogP contribution in [0.15, 0.2) is 48.7 Å². The Labute approximate surface area is 190 Å². The molecule has 0 aliphatic carbocycles. The van der Waals surface area contributed by atoms with Gasteiger partial charge in [0.25, 0.3) is 11.7 Å². The largest absolute Gasteiger partial charge is 0.488 e. The fraction of sp³-hybridized carbons (Fsp3) is 0.261. The lowest BCUT2D eigenvalue weighted by Crippen LogP contribution is -2.49. The van der Waals surface area contributed by atoms with Crippen LogP contribution < -0.4 is 25.9 Å². The third kappa shape index (κ3) is 6.07. The third-order valence-electron chi connectivity index (χ3n) is 4.82. The molecule has 1 atom stereocenters. The fourth-order valence-corrected chi connectivity index (χ4v) is 2.99. The summed E-state index contributed by atoms with van der Waals surface area (Å²) in [5, 5.41) is 17.4. The quantitative estimate of drug-likeness (QED) is 0.338. The molecule has 2 aromatic carbocycles. The fourth-order valence-electron chi connectivity index (χ4n) is 2.99. The number of amides is 2. The molecule has 1 heterocycles. The van der Waals surface area contributed by atoms with Crippen LogP contribution in [0.25, 0.3) is 0 Å². The van der Waals surface area contributed by atoms with Gasteiger partial charge in [-0.25, -0.2) is 14.5 Å². The lowest BCUT2D eigenvalue weighted by Gasteiger charge is -2.30. The molecule has 1 fully saturated rings. The molecule has 33 heavy (non-hydrogen) atoms. The van der Waals surface area contributed by atoms with Gasteiger partial charge in [-0.15, -0.1) is 0 Å². The summed E-state index contributed by atoms with van der Waals surface area (Å²) in [4.78, 5) is 26.5. The van der Waals surface area contributed by atoms with Crippen molar-refractivity contribution >= 4 is 17.6 Å². The summed E-state index contributed by atoms with van der Waals surface area (Å²) in [6.45, 7) is 2.70. The maximum absolute atomic E-state index is 14.7. The zero-order valence-electron chi connectivity index (χ0n) is 18.1. The van der Waals surface area contributed by atoms with Crippen molar-refractivity contribution in [1.29, 1.82) is 0 Å². The van der Waals surface area contributed by atoms with E-state index < -0.39 is 17.8 Å². The smallest absolute Gasteiger partial charge is 0.339 e. The van der Waals surface area contributed by atoms with Crippen molar-refractivity contribution in [3.05, 3.63) is 65.6 Å². The van der Waals surface area contributed by atoms with E-state index in [9.17, 15) is 19.1 Å². The van der Waals surface area contributed by atoms with Crippen molar-refractivity contribution in [1.82, 2.24) is 10.2 Å². The summed E-state index contributed by atoms with van der Waals surface area (Å²) in [6.07, 6.45) is 2.86. The van der Waals surface area contributed by atoms with E-state index in [2.05, 4.69) is 5.32 Å². The third-order valence-corrected chi connectivity index (χ3v) is 4.82. The van der Waals surface area contributed by atoms with Crippen LogP contribution in [-0.2, 0) is 0 Å². The van der Waals surface area contributed by atoms with E-state index in [0.29, 0.717) is 13.1 Å². The summed E-state index contributed by atoms with van der Waals surface area (Å²) in [5.74, 6) is -1.32. The number of rotatable bonds is 8. The van der Waals surface area contributed by atoms with Crippen molar-refractivity contribution in [3.63, 3.8) is 0 Å². The van der Waals surface area contributed by atoms with Crippen molar-refractivity contribution in [2.24, 2.45) is 5.73 Å². The molecule has 0 aromatic heterocycles. The zero-order chi connectivity index (χ0) is 24.0. The van der Waals surface area contributed by atoms with E-state index in [-0.39, 0.29) is 46.7 Å². The molecule has 0 radical (unpaired) electrons. The van der Waals surface area contributed by atoms with Crippen molar-refractivity contribution < 1.29 is 34.0 Å². The number of likely N-dealkylation sites (tertiary alicyclic amines) is 1. The number of carbonyl (C=O) groups is 2. The second kappa shape index (κ2) is 10.6. The normalized spacial score (nSPS) is 13.8. The number of hydrogen-bond acceptors (Lipinski definition) is 6. The predicted octanol–water partition coefficient (Wildman–Crippen LogP) is 0.583. The van der Waals surface area contributed by atoms with Crippen LogP contribution in [0.1, 0.15) is 34.1 Å². The number of carbonyl (C=O) groups excluding carboxylic acids is 2. The topological polar surface area (TPSA) is 140 Å². The Morgan fingerprint density at radius 2 is 1.97 bits per heavy atom. The molecule has 10 heteroatoms. The van der Waals surface area contributed by atoms with Crippen LogP contribution >= 0.6 is 0 Å². The first-order chi connectivity index (χ1) is 15.8. The Hall–Kier alpha value is -3.92. The molecule has 6 N–H and O–H groups in total. The van der Waals surface area contributed by atoms with Crippen LogP contribution in [0.3, 0.4) is 0 Å². The van der Waals surface area contributed by atoms with Gasteiger partial charge in [-0.2, -0.15) is 0 Å². The average Bonchev–Trinajstić information content (AvgIpc) is 2.73. The first-order valence-corrected chi connectivity index (χ1v) is 10.3. The number of nitrogens with zero attached hydrogens (tertiary/aromatic N) is 1. The van der Waals surface area contributed by atoms with Crippen LogP contribution in [0.5, 0.6) is 17.2 Å². The number of aliphatic hydroxyl groups is 1. The lowest BCUT2D eigenvalue weighted by molar-refractivity contribution is -0.115. The zero-order valence-corrected chi connectivity index (χ0v) is 18.1. The van der Waals surface area contributed by atoms with E-state index in [0.717, 1.165) is 12.5 Å². The highest BCUT2D eigenvalue weighted by Crippen LogP contribution is 2.30. The van der Waals surface area contributed by atoms with E-state index in [1.165, 1.54) is 42.6 Å². The highest BCUT2D eigenvalue weighted by atomic mass is 19.1. The number of hydrogen-bond donors (Lipinski definition) is 4. The minimum absolute atomic E-state index is 0.0218. The van der Waals surface area contributed by atoms with E-state index in [1.807, 2.05) is 0 Å². The first-order valence-electron chi connectivity index (χ1n) is 10.3. The molecule has 1 aliphatic heterocycles. The summed E-state index contributed by atoms with van der Waals surface area (Å²) >= 11 is 0. The molecule has 3 rings (SSSR count). The first kappa shape index (κ1) is 23.7. The number of benzene rings is 2. The van der Waals surface area contributed by atoms with Gasteiger partial charge in [0.2, 0.25) is 0 Å². The Morgan fingerprint density at radius 1 is 1.24 bits per heavy atom. The lowest BCUT2D eigenvalue weighted by atomic mass is 10.1. The van der Waals surface area contributed by atoms with Crippen molar-refractivity contribution in [2.75, 3.05) is 19.7 Å². The van der Waals surface area contributed by atoms with Crippen molar-refractivity contribution in [2.45, 2.75) is 19.4 Å². The maximum atomic E-state index is 14.7. The summed E-state index contributed by atoms with van der Waals surface area (Å²) in [5.41, 5.74) is 5.61. The summed E-state index contributed by atoms with van der Waals surface area (Å²) in [6, 6.07) is 8.21. The van der Waals surface area contributed by atoms with E-state index in [1.54, 1.807) is 11.8 Å². The van der Waals surface area contributed by atoms with Gasteiger partial charge in [-0.3, -0.25) is 10.2 Å². The Balaban J connectivity index is 1.86. The predicted molar refractivity (Wildman–Crippen MR) is 118 cm³/mol. The maximum Gasteiger partial charge on any atom is 0.339 e. The van der Waals surface area contributed by atoms with Gasteiger partial charge in [-0.1, -0.05) is 0 Å². The van der Waals surface area contributed by atoms with Gasteiger partial charge < -0.3 is 25.2 Å². The highest BCUT2D eigenvalue weighted by Gasteiger charge is 2.23. The van der Waals surface area contributed by atoms with Crippen molar-refractivity contribution in [3.8, 4) is 17.2 Å². The van der Waals surface area contributed by atoms with Gasteiger partial charge in [-0.05, 0) is 43.7 Å². The molecule has 9 nitrogen and oxygen atoms in total. The van der Waals surface area contributed by atoms with Gasteiger partial charge in [0.1, 0.15) is 17.6 Å². The average molecular weight is 457 g/mol. The SMILES string of the molecule is C[C@@H](CO)Oc1cc(Oc2ccc(C(=O)N3CCC3)cc2F)cc(C(=O)NC(=[NH2+])/C=C\N)c1. The molecule has 0 spiro atoms. The number of halogens is 1. The molecule has 1 saturated heterocycles. The molecule has 0 unspecified atom stereocenters. The molecular formula is C23H26FN4O5+. The standard InChI is InChI=1S/C23H25FN4O5/c1-14(13-29)32-17-9-16(22(30)27-21(26)5-6-25)10-18(12-17)33-20-4-3-15(11-19(20)24)23(31)28-7-2-8-28/h3-6,9-12,14,29H,2,7-8,13,25H2,1H3,(H2,26,27,30)/p+1/b6-5-/t14-/m0/s1. The van der Waals surface area contributed by atoms with Gasteiger partial charge in [0, 0.05) is 37.0 Å². The number of ether oxygens (including phenoxy) is 2. The number of amidine groups is 1. The monoisotopic (exact) mass is 457 g/mol. The molecular weight excluding hydrogens is 431 g/mol.